The van der Waals surface area contributed by atoms with Gasteiger partial charge in [-0.25, -0.2) is 13.2 Å². The lowest BCUT2D eigenvalue weighted by atomic mass is 10.2. The fraction of sp³-hybridized carbons (Fsp3) is 0.167. The monoisotopic (exact) mass is 297 g/mol. The van der Waals surface area contributed by atoms with Gasteiger partial charge in [0.2, 0.25) is 10.0 Å². The summed E-state index contributed by atoms with van der Waals surface area (Å²) in [6.07, 6.45) is 0. The van der Waals surface area contributed by atoms with Crippen LogP contribution in [0.5, 0.6) is 0 Å². The minimum Gasteiger partial charge on any atom is -0.480 e. The molecule has 0 atom stereocenters. The highest BCUT2D eigenvalue weighted by molar-refractivity contribution is 7.89. The summed E-state index contributed by atoms with van der Waals surface area (Å²) in [6.45, 7) is -0.635. The molecule has 0 radical (unpaired) electrons. The Morgan fingerprint density at radius 1 is 1.30 bits per heavy atom. The molecule has 2 aromatic rings. The van der Waals surface area contributed by atoms with Crippen LogP contribution in [-0.4, -0.2) is 37.4 Å². The van der Waals surface area contributed by atoms with Crippen LogP contribution in [0.1, 0.15) is 0 Å². The molecule has 2 rings (SSSR count). The Morgan fingerprint density at radius 3 is 2.65 bits per heavy atom. The quantitative estimate of drug-likeness (QED) is 0.824. The van der Waals surface area contributed by atoms with Crippen LogP contribution < -0.4 is 5.63 Å². The molecule has 7 nitrogen and oxygen atoms in total. The molecule has 1 N–H and O–H groups in total. The first kappa shape index (κ1) is 14.2. The Morgan fingerprint density at radius 2 is 2.00 bits per heavy atom. The zero-order valence-corrected chi connectivity index (χ0v) is 11.3. The van der Waals surface area contributed by atoms with E-state index in [-0.39, 0.29) is 10.5 Å². The van der Waals surface area contributed by atoms with Crippen LogP contribution in [0.25, 0.3) is 11.0 Å². The van der Waals surface area contributed by atoms with Crippen molar-refractivity contribution < 1.29 is 22.7 Å². The number of hydrogen-bond acceptors (Lipinski definition) is 5. The van der Waals surface area contributed by atoms with Gasteiger partial charge in [-0.15, -0.1) is 0 Å². The van der Waals surface area contributed by atoms with Gasteiger partial charge in [-0.05, 0) is 24.3 Å². The number of carboxylic acid groups (broad SMARTS) is 1. The minimum atomic E-state index is -3.90. The molecule has 1 aromatic heterocycles. The van der Waals surface area contributed by atoms with Gasteiger partial charge in [0.05, 0.1) is 4.90 Å². The highest BCUT2D eigenvalue weighted by Crippen LogP contribution is 2.20. The Balaban J connectivity index is 2.49. The molecule has 0 saturated heterocycles. The SMILES string of the molecule is CN(CC(=O)O)S(=O)(=O)c1ccc2oc(=O)ccc2c1. The molecule has 20 heavy (non-hydrogen) atoms. The molecule has 8 heteroatoms. The van der Waals surface area contributed by atoms with E-state index in [0.717, 1.165) is 4.31 Å². The third-order valence-corrected chi connectivity index (χ3v) is 4.46. The standard InChI is InChI=1S/C12H11NO6S/c1-13(7-11(14)15)20(17,18)9-3-4-10-8(6-9)2-5-12(16)19-10/h2-6H,7H2,1H3,(H,14,15). The van der Waals surface area contributed by atoms with E-state index in [1.165, 1.54) is 37.4 Å². The molecule has 0 spiro atoms. The average molecular weight is 297 g/mol. The van der Waals surface area contributed by atoms with E-state index in [0.29, 0.717) is 5.39 Å². The van der Waals surface area contributed by atoms with E-state index in [4.69, 9.17) is 9.52 Å². The molecule has 0 saturated carbocycles. The van der Waals surface area contributed by atoms with E-state index < -0.39 is 28.2 Å². The third-order valence-electron chi connectivity index (χ3n) is 2.66. The average Bonchev–Trinajstić information content (AvgIpc) is 2.37. The molecule has 1 heterocycles. The predicted molar refractivity (Wildman–Crippen MR) is 69.9 cm³/mol. The van der Waals surface area contributed by atoms with Gasteiger partial charge in [0.1, 0.15) is 12.1 Å². The molecule has 0 bridgehead atoms. The molecule has 0 fully saturated rings. The van der Waals surface area contributed by atoms with Gasteiger partial charge in [0, 0.05) is 18.5 Å². The maximum Gasteiger partial charge on any atom is 0.336 e. The first-order chi connectivity index (χ1) is 9.30. The van der Waals surface area contributed by atoms with Crippen molar-refractivity contribution in [2.75, 3.05) is 13.6 Å². The van der Waals surface area contributed by atoms with E-state index in [2.05, 4.69) is 0 Å². The maximum atomic E-state index is 12.1. The number of sulfonamides is 1. The molecule has 0 aliphatic heterocycles. The molecule has 1 aromatic carbocycles. The summed E-state index contributed by atoms with van der Waals surface area (Å²) < 4.78 is 29.9. The number of likely N-dealkylation sites (N-methyl/N-ethyl adjacent to an activating group) is 1. The number of hydrogen-bond donors (Lipinski definition) is 1. The van der Waals surface area contributed by atoms with Crippen molar-refractivity contribution in [3.05, 3.63) is 40.8 Å². The fourth-order valence-corrected chi connectivity index (χ4v) is 2.82. The summed E-state index contributed by atoms with van der Waals surface area (Å²) in [5.74, 6) is -1.25. The van der Waals surface area contributed by atoms with Crippen molar-refractivity contribution in [1.29, 1.82) is 0 Å². The number of benzene rings is 1. The molecule has 0 amide bonds. The second-order valence-corrected chi connectivity index (χ2v) is 6.15. The molecule has 0 aliphatic carbocycles. The molecular weight excluding hydrogens is 286 g/mol. The van der Waals surface area contributed by atoms with Crippen molar-refractivity contribution in [2.45, 2.75) is 4.90 Å². The number of aliphatic carboxylic acids is 1. The minimum absolute atomic E-state index is 0.0670. The molecular formula is C12H11NO6S. The van der Waals surface area contributed by atoms with Crippen molar-refractivity contribution in [2.24, 2.45) is 0 Å². The lowest BCUT2D eigenvalue weighted by Gasteiger charge is -2.14. The highest BCUT2D eigenvalue weighted by atomic mass is 32.2. The summed E-state index contributed by atoms with van der Waals surface area (Å²) in [4.78, 5) is 21.6. The zero-order valence-electron chi connectivity index (χ0n) is 10.4. The van der Waals surface area contributed by atoms with Crippen LogP contribution in [-0.2, 0) is 14.8 Å². The van der Waals surface area contributed by atoms with Crippen LogP contribution in [0.3, 0.4) is 0 Å². The van der Waals surface area contributed by atoms with E-state index in [1.807, 2.05) is 0 Å². The Kier molecular flexibility index (Phi) is 3.60. The summed E-state index contributed by atoms with van der Waals surface area (Å²) in [5.41, 5.74) is -0.270. The molecule has 0 aliphatic rings. The number of carbonyl (C=O) groups is 1. The van der Waals surface area contributed by atoms with Crippen LogP contribution in [0, 0.1) is 0 Å². The zero-order chi connectivity index (χ0) is 14.9. The summed E-state index contributed by atoms with van der Waals surface area (Å²) in [5, 5.41) is 9.08. The van der Waals surface area contributed by atoms with Crippen molar-refractivity contribution in [3.8, 4) is 0 Å². The van der Waals surface area contributed by atoms with Gasteiger partial charge >= 0.3 is 11.6 Å². The Labute approximate surface area is 114 Å². The van der Waals surface area contributed by atoms with E-state index >= 15 is 0 Å². The Hall–Kier alpha value is -2.19. The first-order valence-corrected chi connectivity index (χ1v) is 6.97. The molecule has 0 unspecified atom stereocenters. The normalized spacial score (nSPS) is 11.9. The van der Waals surface area contributed by atoms with Gasteiger partial charge in [-0.3, -0.25) is 4.79 Å². The maximum absolute atomic E-state index is 12.1. The second kappa shape index (κ2) is 5.06. The number of fused-ring (bicyclic) bond motifs is 1. The summed E-state index contributed by atoms with van der Waals surface area (Å²) >= 11 is 0. The van der Waals surface area contributed by atoms with Gasteiger partial charge in [0.25, 0.3) is 0 Å². The number of rotatable bonds is 4. The summed E-state index contributed by atoms with van der Waals surface area (Å²) in [6, 6.07) is 6.57. The van der Waals surface area contributed by atoms with E-state index in [1.54, 1.807) is 0 Å². The smallest absolute Gasteiger partial charge is 0.336 e. The topological polar surface area (TPSA) is 105 Å². The van der Waals surface area contributed by atoms with Crippen molar-refractivity contribution in [3.63, 3.8) is 0 Å². The summed E-state index contributed by atoms with van der Waals surface area (Å²) in [7, 11) is -2.72. The van der Waals surface area contributed by atoms with Crippen molar-refractivity contribution in [1.82, 2.24) is 4.31 Å². The van der Waals surface area contributed by atoms with Crippen LogP contribution in [0.2, 0.25) is 0 Å². The highest BCUT2D eigenvalue weighted by Gasteiger charge is 2.23. The van der Waals surface area contributed by atoms with Crippen LogP contribution in [0.4, 0.5) is 0 Å². The second-order valence-electron chi connectivity index (χ2n) is 4.11. The van der Waals surface area contributed by atoms with Crippen LogP contribution >= 0.6 is 0 Å². The number of nitrogens with zero attached hydrogens (tertiary/aromatic N) is 1. The molecule has 106 valence electrons. The lowest BCUT2D eigenvalue weighted by molar-refractivity contribution is -0.137. The van der Waals surface area contributed by atoms with Gasteiger partial charge in [-0.1, -0.05) is 0 Å². The lowest BCUT2D eigenvalue weighted by Crippen LogP contribution is -2.32. The van der Waals surface area contributed by atoms with Crippen LogP contribution in [0.15, 0.2) is 44.4 Å². The first-order valence-electron chi connectivity index (χ1n) is 5.53. The fourth-order valence-electron chi connectivity index (χ4n) is 1.67. The van der Waals surface area contributed by atoms with Gasteiger partial charge < -0.3 is 9.52 Å². The van der Waals surface area contributed by atoms with Crippen molar-refractivity contribution >= 4 is 27.0 Å². The predicted octanol–water partition coefficient (Wildman–Crippen LogP) is 0.498. The number of carboxylic acids is 1. The van der Waals surface area contributed by atoms with Gasteiger partial charge in [0.15, 0.2) is 0 Å². The Bertz CT molecular complexity index is 823. The largest absolute Gasteiger partial charge is 0.480 e. The van der Waals surface area contributed by atoms with Gasteiger partial charge in [-0.2, -0.15) is 4.31 Å². The third kappa shape index (κ3) is 2.70. The van der Waals surface area contributed by atoms with E-state index in [9.17, 15) is 18.0 Å².